The Hall–Kier alpha value is -2.62. The number of carbonyl (C=O) groups is 2. The summed E-state index contributed by atoms with van der Waals surface area (Å²) in [5.41, 5.74) is 4.36. The summed E-state index contributed by atoms with van der Waals surface area (Å²) in [6, 6.07) is 15.8. The fourth-order valence-electron chi connectivity index (χ4n) is 1.87. The monoisotopic (exact) mass is 286 g/mol. The maximum Gasteiger partial charge on any atom is 0.307 e. The number of hydrogen-bond donors (Lipinski definition) is 2. The van der Waals surface area contributed by atoms with Crippen LogP contribution in [0.4, 0.5) is 0 Å². The van der Waals surface area contributed by atoms with E-state index in [2.05, 4.69) is 19.1 Å². The molecule has 21 heavy (non-hydrogen) atoms. The molecule has 0 heterocycles. The molecule has 0 unspecified atom stereocenters. The number of carboxylic acid groups (broad SMARTS) is 2. The quantitative estimate of drug-likeness (QED) is 0.907. The highest BCUT2D eigenvalue weighted by Crippen LogP contribution is 2.23. The summed E-state index contributed by atoms with van der Waals surface area (Å²) in [7, 11) is 0. The summed E-state index contributed by atoms with van der Waals surface area (Å²) in [4.78, 5) is 19.6. The van der Waals surface area contributed by atoms with E-state index in [1.807, 2.05) is 36.4 Å². The summed E-state index contributed by atoms with van der Waals surface area (Å²) in [6.07, 6.45) is 0.0774. The second-order valence-electron chi connectivity index (χ2n) is 4.60. The lowest BCUT2D eigenvalue weighted by atomic mass is 9.99. The van der Waals surface area contributed by atoms with Gasteiger partial charge in [-0.05, 0) is 29.2 Å². The average Bonchev–Trinajstić information content (AvgIpc) is 2.39. The van der Waals surface area contributed by atoms with Crippen LogP contribution in [0.15, 0.2) is 48.5 Å². The number of aliphatic carboxylic acids is 2. The predicted octanol–water partition coefficient (Wildman–Crippen LogP) is 3.38. The molecule has 0 saturated carbocycles. The van der Waals surface area contributed by atoms with Crippen LogP contribution in [0, 0.1) is 6.92 Å². The summed E-state index contributed by atoms with van der Waals surface area (Å²) in [6.45, 7) is 3.15. The lowest BCUT2D eigenvalue weighted by Crippen LogP contribution is -1.99. The van der Waals surface area contributed by atoms with Gasteiger partial charge in [0.05, 0.1) is 6.42 Å². The molecule has 2 rings (SSSR count). The number of benzene rings is 2. The predicted molar refractivity (Wildman–Crippen MR) is 81.3 cm³/mol. The van der Waals surface area contributed by atoms with Crippen LogP contribution in [0.1, 0.15) is 18.1 Å². The zero-order valence-electron chi connectivity index (χ0n) is 12.0. The summed E-state index contributed by atoms with van der Waals surface area (Å²) >= 11 is 0. The van der Waals surface area contributed by atoms with Gasteiger partial charge in [0.2, 0.25) is 0 Å². The molecule has 0 aliphatic carbocycles. The van der Waals surface area contributed by atoms with E-state index in [4.69, 9.17) is 15.0 Å². The van der Waals surface area contributed by atoms with Crippen LogP contribution in [-0.4, -0.2) is 22.2 Å². The Morgan fingerprint density at radius 1 is 0.952 bits per heavy atom. The minimum Gasteiger partial charge on any atom is -0.481 e. The van der Waals surface area contributed by atoms with E-state index >= 15 is 0 Å². The van der Waals surface area contributed by atoms with Gasteiger partial charge in [0.1, 0.15) is 0 Å². The van der Waals surface area contributed by atoms with E-state index in [1.54, 1.807) is 0 Å². The second-order valence-corrected chi connectivity index (χ2v) is 4.60. The van der Waals surface area contributed by atoms with Gasteiger partial charge in [-0.2, -0.15) is 0 Å². The van der Waals surface area contributed by atoms with Crippen LogP contribution in [0.5, 0.6) is 0 Å². The first kappa shape index (κ1) is 16.4. The van der Waals surface area contributed by atoms with Crippen molar-refractivity contribution in [1.29, 1.82) is 0 Å². The fraction of sp³-hybridized carbons (Fsp3) is 0.176. The number of aryl methyl sites for hydroxylation is 1. The van der Waals surface area contributed by atoms with Crippen molar-refractivity contribution in [3.8, 4) is 11.1 Å². The lowest BCUT2D eigenvalue weighted by Gasteiger charge is -2.06. The number of carboxylic acids is 2. The molecule has 0 saturated heterocycles. The van der Waals surface area contributed by atoms with Crippen LogP contribution in [-0.2, 0) is 16.0 Å². The zero-order chi connectivity index (χ0) is 15.8. The van der Waals surface area contributed by atoms with E-state index < -0.39 is 11.9 Å². The van der Waals surface area contributed by atoms with Gasteiger partial charge >= 0.3 is 5.97 Å². The van der Waals surface area contributed by atoms with E-state index in [9.17, 15) is 4.79 Å². The SMILES string of the molecule is CC(=O)O.Cc1ccccc1-c1ccc(CC(=O)O)cc1. The van der Waals surface area contributed by atoms with E-state index in [-0.39, 0.29) is 6.42 Å². The number of rotatable bonds is 3. The topological polar surface area (TPSA) is 74.6 Å². The first-order valence-corrected chi connectivity index (χ1v) is 6.46. The van der Waals surface area contributed by atoms with Gasteiger partial charge in [-0.3, -0.25) is 9.59 Å². The molecule has 0 aliphatic heterocycles. The van der Waals surface area contributed by atoms with Crippen LogP contribution in [0.25, 0.3) is 11.1 Å². The van der Waals surface area contributed by atoms with Gasteiger partial charge in [-0.1, -0.05) is 48.5 Å². The van der Waals surface area contributed by atoms with Crippen molar-refractivity contribution >= 4 is 11.9 Å². The molecule has 110 valence electrons. The third kappa shape index (κ3) is 5.91. The molecule has 4 heteroatoms. The molecule has 0 fully saturated rings. The largest absolute Gasteiger partial charge is 0.481 e. The van der Waals surface area contributed by atoms with Crippen LogP contribution >= 0.6 is 0 Å². The van der Waals surface area contributed by atoms with Gasteiger partial charge in [-0.15, -0.1) is 0 Å². The van der Waals surface area contributed by atoms with Gasteiger partial charge in [0.25, 0.3) is 5.97 Å². The fourth-order valence-corrected chi connectivity index (χ4v) is 1.87. The Bertz CT molecular complexity index is 611. The standard InChI is InChI=1S/C15H14O2.C2H4O2/c1-11-4-2-3-5-14(11)13-8-6-12(7-9-13)10-15(16)17;1-2(3)4/h2-9H,10H2,1H3,(H,16,17);1H3,(H,3,4). The molecule has 0 bridgehead atoms. The third-order valence-electron chi connectivity index (χ3n) is 2.77. The molecule has 2 aromatic carbocycles. The molecule has 0 aromatic heterocycles. The Kier molecular flexibility index (Phi) is 6.14. The molecule has 0 atom stereocenters. The first-order chi connectivity index (χ1) is 9.90. The van der Waals surface area contributed by atoms with E-state index in [0.29, 0.717) is 0 Å². The maximum atomic E-state index is 10.6. The van der Waals surface area contributed by atoms with Crippen molar-refractivity contribution in [1.82, 2.24) is 0 Å². The molecule has 2 N–H and O–H groups in total. The van der Waals surface area contributed by atoms with Gasteiger partial charge in [-0.25, -0.2) is 0 Å². The molecule has 2 aromatic rings. The first-order valence-electron chi connectivity index (χ1n) is 6.46. The van der Waals surface area contributed by atoms with E-state index in [0.717, 1.165) is 18.1 Å². The van der Waals surface area contributed by atoms with Gasteiger partial charge in [0, 0.05) is 6.92 Å². The van der Waals surface area contributed by atoms with Crippen LogP contribution < -0.4 is 0 Å². The van der Waals surface area contributed by atoms with Gasteiger partial charge < -0.3 is 10.2 Å². The van der Waals surface area contributed by atoms with E-state index in [1.165, 1.54) is 11.1 Å². The van der Waals surface area contributed by atoms with Crippen molar-refractivity contribution < 1.29 is 19.8 Å². The molecular weight excluding hydrogens is 268 g/mol. The van der Waals surface area contributed by atoms with Crippen molar-refractivity contribution in [2.24, 2.45) is 0 Å². The molecule has 0 spiro atoms. The zero-order valence-corrected chi connectivity index (χ0v) is 12.0. The number of hydrogen-bond acceptors (Lipinski definition) is 2. The molecule has 0 radical (unpaired) electrons. The van der Waals surface area contributed by atoms with Gasteiger partial charge in [0.15, 0.2) is 0 Å². The van der Waals surface area contributed by atoms with Crippen LogP contribution in [0.3, 0.4) is 0 Å². The Balaban J connectivity index is 0.000000491. The Morgan fingerprint density at radius 2 is 1.48 bits per heavy atom. The summed E-state index contributed by atoms with van der Waals surface area (Å²) < 4.78 is 0. The Morgan fingerprint density at radius 3 is 1.95 bits per heavy atom. The lowest BCUT2D eigenvalue weighted by molar-refractivity contribution is -0.136. The highest BCUT2D eigenvalue weighted by molar-refractivity contribution is 5.72. The second kappa shape index (κ2) is 7.85. The van der Waals surface area contributed by atoms with Crippen molar-refractivity contribution in [2.45, 2.75) is 20.3 Å². The summed E-state index contributed by atoms with van der Waals surface area (Å²) in [5.74, 6) is -1.63. The highest BCUT2D eigenvalue weighted by atomic mass is 16.4. The minimum absolute atomic E-state index is 0.0774. The summed E-state index contributed by atoms with van der Waals surface area (Å²) in [5, 5.41) is 16.1. The Labute approximate surface area is 123 Å². The van der Waals surface area contributed by atoms with Crippen LogP contribution in [0.2, 0.25) is 0 Å². The molecule has 0 amide bonds. The third-order valence-corrected chi connectivity index (χ3v) is 2.77. The smallest absolute Gasteiger partial charge is 0.307 e. The molecule has 0 aliphatic rings. The van der Waals surface area contributed by atoms with Crippen molar-refractivity contribution in [3.63, 3.8) is 0 Å². The highest BCUT2D eigenvalue weighted by Gasteiger charge is 2.03. The van der Waals surface area contributed by atoms with Crippen molar-refractivity contribution in [3.05, 3.63) is 59.7 Å². The normalized spacial score (nSPS) is 9.43. The maximum absolute atomic E-state index is 10.6. The minimum atomic E-state index is -0.833. The molecular formula is C17H18O4. The van der Waals surface area contributed by atoms with Crippen molar-refractivity contribution in [2.75, 3.05) is 0 Å². The molecule has 4 nitrogen and oxygen atoms in total. The average molecular weight is 286 g/mol.